The van der Waals surface area contributed by atoms with Crippen LogP contribution in [0.3, 0.4) is 0 Å². The van der Waals surface area contributed by atoms with E-state index in [1.165, 1.54) is 13.2 Å². The Balaban J connectivity index is 1.65. The Morgan fingerprint density at radius 3 is 2.38 bits per heavy atom. The quantitative estimate of drug-likeness (QED) is 0.632. The van der Waals surface area contributed by atoms with Crippen molar-refractivity contribution in [2.24, 2.45) is 0 Å². The predicted molar refractivity (Wildman–Crippen MR) is 104 cm³/mol. The van der Waals surface area contributed by atoms with E-state index in [9.17, 15) is 18.4 Å². The number of amides is 1. The van der Waals surface area contributed by atoms with Gasteiger partial charge < -0.3 is 14.8 Å². The van der Waals surface area contributed by atoms with Gasteiger partial charge in [0.2, 0.25) is 0 Å². The van der Waals surface area contributed by atoms with Crippen LogP contribution in [-0.2, 0) is 9.53 Å². The third-order valence-electron chi connectivity index (χ3n) is 4.43. The Morgan fingerprint density at radius 1 is 1.03 bits per heavy atom. The zero-order valence-electron chi connectivity index (χ0n) is 15.9. The van der Waals surface area contributed by atoms with Crippen LogP contribution >= 0.6 is 0 Å². The fraction of sp³-hybridized carbons (Fsp3) is 0.182. The Morgan fingerprint density at radius 2 is 1.72 bits per heavy atom. The SMILES string of the molecule is COc1cc2ccccc2cc1C(=O)OCC(=O)N[C@H](C)c1ccc(F)cc1F. The smallest absolute Gasteiger partial charge is 0.342 e. The van der Waals surface area contributed by atoms with E-state index < -0.39 is 36.2 Å². The summed E-state index contributed by atoms with van der Waals surface area (Å²) in [5.41, 5.74) is 0.318. The summed E-state index contributed by atoms with van der Waals surface area (Å²) in [5.74, 6) is -2.48. The number of ether oxygens (including phenoxy) is 2. The molecule has 0 heterocycles. The number of nitrogens with one attached hydrogen (secondary N) is 1. The highest BCUT2D eigenvalue weighted by Crippen LogP contribution is 2.26. The third-order valence-corrected chi connectivity index (χ3v) is 4.43. The molecule has 0 aliphatic rings. The molecule has 29 heavy (non-hydrogen) atoms. The number of esters is 1. The van der Waals surface area contributed by atoms with Crippen molar-refractivity contribution in [2.45, 2.75) is 13.0 Å². The number of fused-ring (bicyclic) bond motifs is 1. The molecular weight excluding hydrogens is 380 g/mol. The van der Waals surface area contributed by atoms with Gasteiger partial charge in [0.05, 0.1) is 13.2 Å². The highest BCUT2D eigenvalue weighted by Gasteiger charge is 2.18. The van der Waals surface area contributed by atoms with E-state index in [1.54, 1.807) is 19.1 Å². The molecule has 0 bridgehead atoms. The van der Waals surface area contributed by atoms with Crippen molar-refractivity contribution < 1.29 is 27.8 Å². The van der Waals surface area contributed by atoms with Crippen LogP contribution in [-0.4, -0.2) is 25.6 Å². The lowest BCUT2D eigenvalue weighted by Gasteiger charge is -2.15. The number of carbonyl (C=O) groups is 2. The molecule has 0 saturated carbocycles. The summed E-state index contributed by atoms with van der Waals surface area (Å²) in [6.45, 7) is 0.990. The first-order valence-electron chi connectivity index (χ1n) is 8.87. The van der Waals surface area contributed by atoms with Crippen LogP contribution in [0.2, 0.25) is 0 Å². The Hall–Kier alpha value is -3.48. The topological polar surface area (TPSA) is 64.6 Å². The minimum absolute atomic E-state index is 0.127. The lowest BCUT2D eigenvalue weighted by Crippen LogP contribution is -2.31. The fourth-order valence-electron chi connectivity index (χ4n) is 2.97. The number of hydrogen-bond acceptors (Lipinski definition) is 4. The van der Waals surface area contributed by atoms with Crippen LogP contribution in [0.15, 0.2) is 54.6 Å². The van der Waals surface area contributed by atoms with Crippen molar-refractivity contribution in [2.75, 3.05) is 13.7 Å². The average Bonchev–Trinajstić information content (AvgIpc) is 2.70. The fourth-order valence-corrected chi connectivity index (χ4v) is 2.97. The van der Waals surface area contributed by atoms with Crippen LogP contribution in [0.1, 0.15) is 28.9 Å². The minimum Gasteiger partial charge on any atom is -0.496 e. The van der Waals surface area contributed by atoms with Crippen molar-refractivity contribution in [1.82, 2.24) is 5.32 Å². The Labute approximate surface area is 166 Å². The van der Waals surface area contributed by atoms with Crippen LogP contribution in [0.25, 0.3) is 10.8 Å². The molecule has 3 aromatic rings. The average molecular weight is 399 g/mol. The molecule has 1 amide bonds. The zero-order chi connectivity index (χ0) is 21.0. The van der Waals surface area contributed by atoms with Gasteiger partial charge in [-0.25, -0.2) is 13.6 Å². The number of methoxy groups -OCH3 is 1. The van der Waals surface area contributed by atoms with Gasteiger partial charge >= 0.3 is 5.97 Å². The second kappa shape index (κ2) is 8.68. The van der Waals surface area contributed by atoms with Gasteiger partial charge in [-0.15, -0.1) is 0 Å². The molecule has 0 fully saturated rings. The molecule has 3 rings (SSSR count). The monoisotopic (exact) mass is 399 g/mol. The van der Waals surface area contributed by atoms with Crippen LogP contribution in [0.4, 0.5) is 8.78 Å². The van der Waals surface area contributed by atoms with Gasteiger partial charge in [0.15, 0.2) is 6.61 Å². The van der Waals surface area contributed by atoms with Crippen LogP contribution < -0.4 is 10.1 Å². The van der Waals surface area contributed by atoms with Gasteiger partial charge in [-0.2, -0.15) is 0 Å². The molecule has 0 aliphatic heterocycles. The third kappa shape index (κ3) is 4.68. The maximum absolute atomic E-state index is 13.8. The molecule has 0 radical (unpaired) electrons. The molecule has 1 atom stereocenters. The number of hydrogen-bond donors (Lipinski definition) is 1. The molecule has 3 aromatic carbocycles. The Kier molecular flexibility index (Phi) is 6.07. The number of halogens is 2. The molecule has 5 nitrogen and oxygen atoms in total. The second-order valence-corrected chi connectivity index (χ2v) is 6.43. The van der Waals surface area contributed by atoms with Gasteiger partial charge in [-0.05, 0) is 35.9 Å². The zero-order valence-corrected chi connectivity index (χ0v) is 15.9. The van der Waals surface area contributed by atoms with Crippen molar-refractivity contribution in [1.29, 1.82) is 0 Å². The summed E-state index contributed by atoms with van der Waals surface area (Å²) in [4.78, 5) is 24.5. The largest absolute Gasteiger partial charge is 0.496 e. The summed E-state index contributed by atoms with van der Waals surface area (Å²) >= 11 is 0. The molecule has 150 valence electrons. The van der Waals surface area contributed by atoms with E-state index in [-0.39, 0.29) is 11.1 Å². The lowest BCUT2D eigenvalue weighted by atomic mass is 10.1. The molecule has 0 saturated heterocycles. The maximum Gasteiger partial charge on any atom is 0.342 e. The van der Waals surface area contributed by atoms with Gasteiger partial charge in [0.1, 0.15) is 22.9 Å². The van der Waals surface area contributed by atoms with Crippen molar-refractivity contribution >= 4 is 22.6 Å². The molecule has 0 spiro atoms. The first-order chi connectivity index (χ1) is 13.9. The lowest BCUT2D eigenvalue weighted by molar-refractivity contribution is -0.124. The number of carbonyl (C=O) groups excluding carboxylic acids is 2. The van der Waals surface area contributed by atoms with E-state index in [2.05, 4.69) is 5.32 Å². The summed E-state index contributed by atoms with van der Waals surface area (Å²) in [5, 5.41) is 4.23. The van der Waals surface area contributed by atoms with Gasteiger partial charge in [0.25, 0.3) is 5.91 Å². The van der Waals surface area contributed by atoms with E-state index in [0.29, 0.717) is 5.75 Å². The maximum atomic E-state index is 13.8. The summed E-state index contributed by atoms with van der Waals surface area (Å²) in [7, 11) is 1.44. The predicted octanol–water partition coefficient (Wildman–Crippen LogP) is 4.16. The molecule has 1 N–H and O–H groups in total. The summed E-state index contributed by atoms with van der Waals surface area (Å²) in [6.07, 6.45) is 0. The van der Waals surface area contributed by atoms with Gasteiger partial charge in [0, 0.05) is 11.6 Å². The Bertz CT molecular complexity index is 1070. The van der Waals surface area contributed by atoms with Gasteiger partial charge in [-0.1, -0.05) is 30.3 Å². The minimum atomic E-state index is -0.768. The summed E-state index contributed by atoms with van der Waals surface area (Å²) < 4.78 is 37.2. The normalized spacial score (nSPS) is 11.7. The summed E-state index contributed by atoms with van der Waals surface area (Å²) in [6, 6.07) is 13.2. The highest BCUT2D eigenvalue weighted by atomic mass is 19.1. The number of benzene rings is 3. The molecule has 0 unspecified atom stereocenters. The molecule has 7 heteroatoms. The van der Waals surface area contributed by atoms with Crippen molar-refractivity contribution in [3.63, 3.8) is 0 Å². The van der Waals surface area contributed by atoms with Crippen LogP contribution in [0.5, 0.6) is 5.75 Å². The number of rotatable bonds is 6. The van der Waals surface area contributed by atoms with Gasteiger partial charge in [-0.3, -0.25) is 4.79 Å². The first-order valence-corrected chi connectivity index (χ1v) is 8.87. The van der Waals surface area contributed by atoms with E-state index in [4.69, 9.17) is 9.47 Å². The van der Waals surface area contributed by atoms with Crippen molar-refractivity contribution in [3.8, 4) is 5.75 Å². The first kappa shape index (κ1) is 20.3. The van der Waals surface area contributed by atoms with E-state index >= 15 is 0 Å². The van der Waals surface area contributed by atoms with Crippen molar-refractivity contribution in [3.05, 3.63) is 77.4 Å². The molecule has 0 aromatic heterocycles. The van der Waals surface area contributed by atoms with E-state index in [0.717, 1.165) is 22.9 Å². The molecule has 0 aliphatic carbocycles. The standard InChI is InChI=1S/C22H19F2NO4/c1-13(17-8-7-16(23)11-19(17)24)25-21(26)12-29-22(27)18-9-14-5-3-4-6-15(14)10-20(18)28-2/h3-11,13H,12H2,1-2H3,(H,25,26)/t13-/m1/s1. The van der Waals surface area contributed by atoms with E-state index in [1.807, 2.05) is 24.3 Å². The molecular formula is C22H19F2NO4. The highest BCUT2D eigenvalue weighted by molar-refractivity contribution is 5.99. The second-order valence-electron chi connectivity index (χ2n) is 6.43. The van der Waals surface area contributed by atoms with Crippen LogP contribution in [0, 0.1) is 11.6 Å².